The maximum Gasteiger partial charge on any atom is 0.352 e. The van der Waals surface area contributed by atoms with E-state index in [4.69, 9.17) is 15.3 Å². The van der Waals surface area contributed by atoms with Crippen molar-refractivity contribution in [3.8, 4) is 0 Å². The van der Waals surface area contributed by atoms with Crippen molar-refractivity contribution in [1.82, 2.24) is 30.0 Å². The molecule has 2 aliphatic rings. The van der Waals surface area contributed by atoms with E-state index in [0.717, 1.165) is 32.6 Å². The van der Waals surface area contributed by atoms with Crippen molar-refractivity contribution < 1.29 is 33.9 Å². The van der Waals surface area contributed by atoms with Crippen LogP contribution >= 0.6 is 34.9 Å². The van der Waals surface area contributed by atoms with Gasteiger partial charge in [0.2, 0.25) is 0 Å². The van der Waals surface area contributed by atoms with Crippen molar-refractivity contribution in [2.45, 2.75) is 30.0 Å². The zero-order valence-electron chi connectivity index (χ0n) is 21.8. The highest BCUT2D eigenvalue weighted by atomic mass is 32.2. The lowest BCUT2D eigenvalue weighted by molar-refractivity contribution is -0.150. The van der Waals surface area contributed by atoms with Crippen molar-refractivity contribution >= 4 is 69.5 Å². The van der Waals surface area contributed by atoms with Gasteiger partial charge in [-0.05, 0) is 24.0 Å². The topological polar surface area (TPSA) is 241 Å². The summed E-state index contributed by atoms with van der Waals surface area (Å²) < 4.78 is 5.66. The molecule has 4 heterocycles. The van der Waals surface area contributed by atoms with Gasteiger partial charge in [-0.25, -0.2) is 14.9 Å². The summed E-state index contributed by atoms with van der Waals surface area (Å²) in [5.41, 5.74) is 3.49. The number of nitrogens with two attached hydrogens (primary N) is 1. The van der Waals surface area contributed by atoms with Gasteiger partial charge < -0.3 is 25.7 Å². The van der Waals surface area contributed by atoms with Gasteiger partial charge in [0.1, 0.15) is 36.5 Å². The molecule has 2 atom stereocenters. The number of nitrogens with one attached hydrogen (secondary N) is 2. The number of H-pyrrole nitrogens is 1. The molecule has 2 aliphatic heterocycles. The van der Waals surface area contributed by atoms with E-state index in [9.17, 15) is 33.9 Å². The SMILES string of the molecule is CCOC(=O)Cn1c(SC=CC2=C(C(=O)O)N3C(=O)C(NC(=O)C(=NOC)c4csc(N)n4)C3SC2)n[nH]c(=O)c1=O. The minimum Gasteiger partial charge on any atom is -0.477 e. The Balaban J connectivity index is 1.52. The van der Waals surface area contributed by atoms with Crippen LogP contribution < -0.4 is 22.2 Å². The Morgan fingerprint density at radius 2 is 2.12 bits per heavy atom. The molecule has 1 fully saturated rings. The first-order valence-corrected chi connectivity index (χ1v) is 14.6. The minimum absolute atomic E-state index is 0.0547. The largest absolute Gasteiger partial charge is 0.477 e. The summed E-state index contributed by atoms with van der Waals surface area (Å²) in [5, 5.41) is 24.3. The smallest absolute Gasteiger partial charge is 0.352 e. The van der Waals surface area contributed by atoms with Gasteiger partial charge in [0.05, 0.1) is 6.61 Å². The van der Waals surface area contributed by atoms with Crippen LogP contribution in [0.4, 0.5) is 5.13 Å². The highest BCUT2D eigenvalue weighted by Gasteiger charge is 2.54. The number of hydrogen-bond acceptors (Lipinski definition) is 15. The number of amides is 2. The molecular formula is C22H22N8O9S3. The average molecular weight is 639 g/mol. The number of thiazole rings is 1. The molecular weight excluding hydrogens is 616 g/mol. The first-order valence-electron chi connectivity index (χ1n) is 11.8. The molecule has 0 aliphatic carbocycles. The van der Waals surface area contributed by atoms with Gasteiger partial charge in [0.15, 0.2) is 16.0 Å². The zero-order valence-corrected chi connectivity index (χ0v) is 24.2. The van der Waals surface area contributed by atoms with E-state index in [2.05, 4.69) is 20.6 Å². The number of oxime groups is 1. The molecule has 42 heavy (non-hydrogen) atoms. The number of β-lactam (4-membered cyclic amide) rings is 1. The van der Waals surface area contributed by atoms with Crippen LogP contribution in [0.25, 0.3) is 0 Å². The standard InChI is InChI=1S/C22H22N8O9S3/c1-3-39-11(31)6-29-18(35)16(33)26-27-22(29)40-5-4-9-7-41-19-13(17(34)30(19)14(9)20(36)37)25-15(32)12(28-38-2)10-8-42-21(23)24-10/h4-5,8,13,19H,3,6-7H2,1-2H3,(H2,23,24)(H,25,32)(H,26,33)(H,36,37). The lowest BCUT2D eigenvalue weighted by Gasteiger charge is -2.49. The van der Waals surface area contributed by atoms with Gasteiger partial charge in [0, 0.05) is 11.1 Å². The summed E-state index contributed by atoms with van der Waals surface area (Å²) in [4.78, 5) is 83.8. The summed E-state index contributed by atoms with van der Waals surface area (Å²) in [6.45, 7) is 1.10. The lowest BCUT2D eigenvalue weighted by atomic mass is 10.0. The molecule has 20 heteroatoms. The van der Waals surface area contributed by atoms with E-state index in [1.807, 2.05) is 5.10 Å². The van der Waals surface area contributed by atoms with Gasteiger partial charge in [-0.15, -0.1) is 28.2 Å². The molecule has 0 spiro atoms. The number of esters is 1. The van der Waals surface area contributed by atoms with E-state index in [0.29, 0.717) is 0 Å². The molecule has 1 saturated heterocycles. The molecule has 5 N–H and O–H groups in total. The Hall–Kier alpha value is -4.43. The molecule has 0 radical (unpaired) electrons. The van der Waals surface area contributed by atoms with Gasteiger partial charge in [-0.3, -0.25) is 33.4 Å². The molecule has 0 saturated carbocycles. The number of aromatic nitrogens is 4. The van der Waals surface area contributed by atoms with Crippen LogP contribution in [-0.2, 0) is 35.3 Å². The number of rotatable bonds is 11. The van der Waals surface area contributed by atoms with Crippen molar-refractivity contribution in [2.24, 2.45) is 5.16 Å². The molecule has 2 amide bonds. The fourth-order valence-electron chi connectivity index (χ4n) is 3.83. The second-order valence-corrected chi connectivity index (χ2v) is 11.1. The highest BCUT2D eigenvalue weighted by Crippen LogP contribution is 2.41. The number of aliphatic carboxylic acids is 1. The number of hydrogen-bond donors (Lipinski definition) is 4. The Morgan fingerprint density at radius 3 is 2.76 bits per heavy atom. The quantitative estimate of drug-likeness (QED) is 0.0572. The third-order valence-corrected chi connectivity index (χ3v) is 8.38. The van der Waals surface area contributed by atoms with Crippen LogP contribution in [0.1, 0.15) is 12.6 Å². The Bertz CT molecular complexity index is 1640. The van der Waals surface area contributed by atoms with E-state index >= 15 is 0 Å². The Kier molecular flexibility index (Phi) is 9.48. The number of carboxylic acids is 1. The third-order valence-electron chi connectivity index (χ3n) is 5.61. The number of nitrogens with zero attached hydrogens (tertiary/aromatic N) is 5. The van der Waals surface area contributed by atoms with Crippen LogP contribution in [0.3, 0.4) is 0 Å². The van der Waals surface area contributed by atoms with Crippen LogP contribution in [0.5, 0.6) is 0 Å². The Morgan fingerprint density at radius 1 is 1.36 bits per heavy atom. The second kappa shape index (κ2) is 13.0. The van der Waals surface area contributed by atoms with Gasteiger partial charge in [-0.1, -0.05) is 16.9 Å². The number of allylic oxidation sites excluding steroid dienone is 1. The molecule has 4 rings (SSSR count). The van der Waals surface area contributed by atoms with Crippen molar-refractivity contribution in [2.75, 3.05) is 25.2 Å². The number of aromatic amines is 1. The van der Waals surface area contributed by atoms with E-state index in [1.165, 1.54) is 35.7 Å². The van der Waals surface area contributed by atoms with Gasteiger partial charge >= 0.3 is 23.1 Å². The fourth-order valence-corrected chi connectivity index (χ4v) is 6.42. The molecule has 17 nitrogen and oxygen atoms in total. The molecule has 2 aromatic rings. The maximum atomic E-state index is 13.0. The predicted molar refractivity (Wildman–Crippen MR) is 151 cm³/mol. The van der Waals surface area contributed by atoms with Crippen molar-refractivity contribution in [1.29, 1.82) is 0 Å². The van der Waals surface area contributed by atoms with Crippen LogP contribution in [0.15, 0.2) is 48.0 Å². The highest BCUT2D eigenvalue weighted by molar-refractivity contribution is 8.02. The minimum atomic E-state index is -1.37. The first kappa shape index (κ1) is 30.5. The molecule has 2 unspecified atom stereocenters. The normalized spacial score (nSPS) is 18.5. The number of carbonyl (C=O) groups is 4. The van der Waals surface area contributed by atoms with E-state index < -0.39 is 52.8 Å². The number of nitrogen functional groups attached to an aromatic ring is 1. The van der Waals surface area contributed by atoms with Crippen LogP contribution in [0.2, 0.25) is 0 Å². The second-order valence-electron chi connectivity index (χ2n) is 8.19. The Labute approximate surface area is 247 Å². The average Bonchev–Trinajstić information content (AvgIpc) is 3.39. The number of thioether (sulfide) groups is 2. The summed E-state index contributed by atoms with van der Waals surface area (Å²) >= 11 is 3.13. The number of carbonyl (C=O) groups excluding carboxylic acids is 3. The maximum absolute atomic E-state index is 13.0. The summed E-state index contributed by atoms with van der Waals surface area (Å²) in [6.07, 6.45) is 1.42. The summed E-state index contributed by atoms with van der Waals surface area (Å²) in [7, 11) is 1.24. The zero-order chi connectivity index (χ0) is 30.6. The molecule has 222 valence electrons. The summed E-state index contributed by atoms with van der Waals surface area (Å²) in [6, 6.07) is -1.04. The number of anilines is 1. The molecule has 0 aromatic carbocycles. The van der Waals surface area contributed by atoms with E-state index in [1.54, 1.807) is 6.92 Å². The van der Waals surface area contributed by atoms with Crippen molar-refractivity contribution in [3.05, 3.63) is 54.5 Å². The van der Waals surface area contributed by atoms with Crippen LogP contribution in [0, 0.1) is 0 Å². The van der Waals surface area contributed by atoms with Crippen LogP contribution in [-0.4, -0.2) is 90.1 Å². The van der Waals surface area contributed by atoms with Gasteiger partial charge in [0.25, 0.3) is 11.8 Å². The van der Waals surface area contributed by atoms with Gasteiger partial charge in [-0.2, -0.15) is 0 Å². The number of ether oxygens (including phenoxy) is 1. The van der Waals surface area contributed by atoms with Crippen molar-refractivity contribution in [3.63, 3.8) is 0 Å². The molecule has 2 aromatic heterocycles. The molecule has 0 bridgehead atoms. The number of fused-ring (bicyclic) bond motifs is 1. The third kappa shape index (κ3) is 6.24. The van der Waals surface area contributed by atoms with E-state index in [-0.39, 0.29) is 45.3 Å². The first-order chi connectivity index (χ1) is 20.1. The number of carboxylic acid groups (broad SMARTS) is 1. The fraction of sp³-hybridized carbons (Fsp3) is 0.318. The predicted octanol–water partition coefficient (Wildman–Crippen LogP) is -1.07. The monoisotopic (exact) mass is 638 g/mol. The lowest BCUT2D eigenvalue weighted by Crippen LogP contribution is -2.71. The summed E-state index contributed by atoms with van der Waals surface area (Å²) in [5.74, 6) is -3.39.